The molecule has 1 aromatic carbocycles. The molecule has 2 aromatic heterocycles. The van der Waals surface area contributed by atoms with Gasteiger partial charge in [-0.05, 0) is 12.5 Å². The van der Waals surface area contributed by atoms with Crippen LogP contribution in [0.1, 0.15) is 5.56 Å². The van der Waals surface area contributed by atoms with E-state index in [0.717, 1.165) is 11.3 Å². The Labute approximate surface area is 93.4 Å². The molecule has 0 unspecified atom stereocenters. The van der Waals surface area contributed by atoms with Crippen LogP contribution in [0.25, 0.3) is 16.9 Å². The second kappa shape index (κ2) is 3.45. The van der Waals surface area contributed by atoms with Gasteiger partial charge in [0.15, 0.2) is 5.65 Å². The molecule has 0 atom stereocenters. The molecule has 78 valence electrons. The summed E-state index contributed by atoms with van der Waals surface area (Å²) in [5.74, 6) is 0. The first-order valence-electron chi connectivity index (χ1n) is 5.19. The highest BCUT2D eigenvalue weighted by atomic mass is 15.0. The Morgan fingerprint density at radius 2 is 2.06 bits per heavy atom. The molecule has 0 bridgehead atoms. The van der Waals surface area contributed by atoms with Crippen molar-refractivity contribution in [2.24, 2.45) is 0 Å². The largest absolute Gasteiger partial charge is 0.304 e. The SMILES string of the molecule is Cc1ccccc1-c1cn2ccncc2n1. The summed E-state index contributed by atoms with van der Waals surface area (Å²) in [4.78, 5) is 8.60. The Balaban J connectivity index is 2.23. The first kappa shape index (κ1) is 9.09. The molecule has 3 heteroatoms. The van der Waals surface area contributed by atoms with Gasteiger partial charge in [-0.2, -0.15) is 0 Å². The fraction of sp³-hybridized carbons (Fsp3) is 0.0769. The fourth-order valence-electron chi connectivity index (χ4n) is 1.83. The third-order valence-corrected chi connectivity index (χ3v) is 2.69. The van der Waals surface area contributed by atoms with Crippen LogP contribution in [0, 0.1) is 6.92 Å². The van der Waals surface area contributed by atoms with Gasteiger partial charge in [0.05, 0.1) is 11.9 Å². The number of hydrogen-bond acceptors (Lipinski definition) is 2. The molecular weight excluding hydrogens is 198 g/mol. The van der Waals surface area contributed by atoms with Crippen LogP contribution in [-0.4, -0.2) is 14.4 Å². The second-order valence-corrected chi connectivity index (χ2v) is 3.78. The van der Waals surface area contributed by atoms with Crippen LogP contribution < -0.4 is 0 Å². The van der Waals surface area contributed by atoms with Crippen LogP contribution in [0.5, 0.6) is 0 Å². The van der Waals surface area contributed by atoms with Crippen molar-refractivity contribution < 1.29 is 0 Å². The van der Waals surface area contributed by atoms with Crippen molar-refractivity contribution in [1.82, 2.24) is 14.4 Å². The number of hydrogen-bond donors (Lipinski definition) is 0. The van der Waals surface area contributed by atoms with E-state index in [4.69, 9.17) is 0 Å². The van der Waals surface area contributed by atoms with E-state index in [1.807, 2.05) is 28.9 Å². The van der Waals surface area contributed by atoms with Gasteiger partial charge in [-0.25, -0.2) is 4.98 Å². The maximum Gasteiger partial charge on any atom is 0.155 e. The molecule has 3 aromatic rings. The predicted molar refractivity (Wildman–Crippen MR) is 63.2 cm³/mol. The van der Waals surface area contributed by atoms with Gasteiger partial charge in [0, 0.05) is 24.2 Å². The van der Waals surface area contributed by atoms with E-state index in [1.54, 1.807) is 12.4 Å². The van der Waals surface area contributed by atoms with Gasteiger partial charge in [-0.3, -0.25) is 4.98 Å². The summed E-state index contributed by atoms with van der Waals surface area (Å²) in [6, 6.07) is 8.25. The average Bonchev–Trinajstić information content (AvgIpc) is 2.73. The summed E-state index contributed by atoms with van der Waals surface area (Å²) < 4.78 is 1.98. The molecule has 0 aliphatic rings. The zero-order chi connectivity index (χ0) is 11.0. The number of fused-ring (bicyclic) bond motifs is 1. The fourth-order valence-corrected chi connectivity index (χ4v) is 1.83. The zero-order valence-corrected chi connectivity index (χ0v) is 8.96. The van der Waals surface area contributed by atoms with Crippen LogP contribution in [0.3, 0.4) is 0 Å². The highest BCUT2D eigenvalue weighted by Crippen LogP contribution is 2.21. The molecule has 3 nitrogen and oxygen atoms in total. The number of nitrogens with zero attached hydrogens (tertiary/aromatic N) is 3. The topological polar surface area (TPSA) is 30.2 Å². The lowest BCUT2D eigenvalue weighted by Gasteiger charge is -1.99. The molecule has 0 saturated heterocycles. The molecular formula is C13H11N3. The lowest BCUT2D eigenvalue weighted by molar-refractivity contribution is 1.13. The van der Waals surface area contributed by atoms with E-state index in [9.17, 15) is 0 Å². The van der Waals surface area contributed by atoms with Gasteiger partial charge in [-0.1, -0.05) is 24.3 Å². The summed E-state index contributed by atoms with van der Waals surface area (Å²) in [6.07, 6.45) is 7.46. The molecule has 3 rings (SSSR count). The summed E-state index contributed by atoms with van der Waals surface area (Å²) in [7, 11) is 0. The first-order chi connectivity index (χ1) is 7.84. The average molecular weight is 209 g/mol. The van der Waals surface area contributed by atoms with Gasteiger partial charge >= 0.3 is 0 Å². The predicted octanol–water partition coefficient (Wildman–Crippen LogP) is 2.70. The summed E-state index contributed by atoms with van der Waals surface area (Å²) in [5, 5.41) is 0. The molecule has 0 spiro atoms. The van der Waals surface area contributed by atoms with Gasteiger partial charge in [0.1, 0.15) is 0 Å². The lowest BCUT2D eigenvalue weighted by atomic mass is 10.1. The number of aryl methyl sites for hydroxylation is 1. The monoisotopic (exact) mass is 209 g/mol. The summed E-state index contributed by atoms with van der Waals surface area (Å²) in [6.45, 7) is 2.09. The van der Waals surface area contributed by atoms with Crippen molar-refractivity contribution in [3.05, 3.63) is 54.6 Å². The second-order valence-electron chi connectivity index (χ2n) is 3.78. The van der Waals surface area contributed by atoms with Crippen LogP contribution in [0.4, 0.5) is 0 Å². The van der Waals surface area contributed by atoms with E-state index >= 15 is 0 Å². The third kappa shape index (κ3) is 1.37. The molecule has 0 aliphatic carbocycles. The standard InChI is InChI=1S/C13H11N3/c1-10-4-2-3-5-11(10)12-9-16-7-6-14-8-13(16)15-12/h2-9H,1H3. The first-order valence-corrected chi connectivity index (χ1v) is 5.19. The van der Waals surface area contributed by atoms with E-state index in [1.165, 1.54) is 11.1 Å². The maximum atomic E-state index is 4.54. The Morgan fingerprint density at radius 3 is 2.88 bits per heavy atom. The minimum atomic E-state index is 0.876. The normalized spacial score (nSPS) is 10.8. The molecule has 0 saturated carbocycles. The molecule has 16 heavy (non-hydrogen) atoms. The highest BCUT2D eigenvalue weighted by molar-refractivity contribution is 5.65. The zero-order valence-electron chi connectivity index (χ0n) is 8.96. The molecule has 0 amide bonds. The van der Waals surface area contributed by atoms with Crippen LogP contribution >= 0.6 is 0 Å². The van der Waals surface area contributed by atoms with Crippen molar-refractivity contribution >= 4 is 5.65 Å². The lowest BCUT2D eigenvalue weighted by Crippen LogP contribution is -1.81. The van der Waals surface area contributed by atoms with Gasteiger partial charge in [-0.15, -0.1) is 0 Å². The van der Waals surface area contributed by atoms with Crippen LogP contribution in [-0.2, 0) is 0 Å². The van der Waals surface area contributed by atoms with Crippen LogP contribution in [0.15, 0.2) is 49.1 Å². The minimum absolute atomic E-state index is 0.876. The number of benzene rings is 1. The van der Waals surface area contributed by atoms with Gasteiger partial charge < -0.3 is 4.40 Å². The van der Waals surface area contributed by atoms with Crippen molar-refractivity contribution in [3.8, 4) is 11.3 Å². The summed E-state index contributed by atoms with van der Waals surface area (Å²) >= 11 is 0. The molecule has 0 radical (unpaired) electrons. The molecule has 0 fully saturated rings. The van der Waals surface area contributed by atoms with Crippen LogP contribution in [0.2, 0.25) is 0 Å². The number of imidazole rings is 1. The Hall–Kier alpha value is -2.16. The molecule has 2 heterocycles. The maximum absolute atomic E-state index is 4.54. The summed E-state index contributed by atoms with van der Waals surface area (Å²) in [5.41, 5.74) is 4.27. The third-order valence-electron chi connectivity index (χ3n) is 2.69. The van der Waals surface area contributed by atoms with E-state index < -0.39 is 0 Å². The van der Waals surface area contributed by atoms with Gasteiger partial charge in [0.25, 0.3) is 0 Å². The van der Waals surface area contributed by atoms with Crippen molar-refractivity contribution in [2.45, 2.75) is 6.92 Å². The molecule has 0 N–H and O–H groups in total. The number of rotatable bonds is 1. The quantitative estimate of drug-likeness (QED) is 0.616. The van der Waals surface area contributed by atoms with Gasteiger partial charge in [0.2, 0.25) is 0 Å². The van der Waals surface area contributed by atoms with Crippen molar-refractivity contribution in [2.75, 3.05) is 0 Å². The van der Waals surface area contributed by atoms with E-state index in [2.05, 4.69) is 29.0 Å². The Bertz CT molecular complexity index is 607. The van der Waals surface area contributed by atoms with Crippen molar-refractivity contribution in [3.63, 3.8) is 0 Å². The van der Waals surface area contributed by atoms with E-state index in [-0.39, 0.29) is 0 Å². The highest BCUT2D eigenvalue weighted by Gasteiger charge is 2.05. The minimum Gasteiger partial charge on any atom is -0.304 e. The Kier molecular flexibility index (Phi) is 1.96. The molecule has 0 aliphatic heterocycles. The van der Waals surface area contributed by atoms with E-state index in [0.29, 0.717) is 0 Å². The smallest absolute Gasteiger partial charge is 0.155 e. The Morgan fingerprint density at radius 1 is 1.19 bits per heavy atom. The number of aromatic nitrogens is 3. The van der Waals surface area contributed by atoms with Crippen molar-refractivity contribution in [1.29, 1.82) is 0 Å².